The number of carbonyl (C=O) groups excluding carboxylic acids is 1. The SMILES string of the molecule is COC(=O)C1(Nc2cccc(Cl)c2)CCC2(CC1)C(C[C@@H](C)COCc1ccc(OC)cc1)=Cc1cc(C)c(OC)cc12. The molecular formula is C36H42ClNO5. The van der Waals surface area contributed by atoms with Gasteiger partial charge in [0.1, 0.15) is 17.0 Å². The molecule has 0 amide bonds. The van der Waals surface area contributed by atoms with Gasteiger partial charge in [0, 0.05) is 22.7 Å². The first-order chi connectivity index (χ1) is 20.7. The van der Waals surface area contributed by atoms with E-state index in [1.165, 1.54) is 23.8 Å². The van der Waals surface area contributed by atoms with Crippen molar-refractivity contribution >= 4 is 29.3 Å². The lowest BCUT2D eigenvalue weighted by molar-refractivity contribution is -0.147. The number of anilines is 1. The van der Waals surface area contributed by atoms with Gasteiger partial charge in [-0.2, -0.15) is 0 Å². The molecule has 0 radical (unpaired) electrons. The van der Waals surface area contributed by atoms with E-state index in [1.54, 1.807) is 14.2 Å². The number of halogens is 1. The second-order valence-corrected chi connectivity index (χ2v) is 12.5. The number of nitrogens with one attached hydrogen (secondary N) is 1. The Hall–Kier alpha value is -3.48. The highest BCUT2D eigenvalue weighted by molar-refractivity contribution is 6.30. The fourth-order valence-electron chi connectivity index (χ4n) is 6.86. The number of hydrogen-bond donors (Lipinski definition) is 1. The van der Waals surface area contributed by atoms with Crippen molar-refractivity contribution in [2.24, 2.45) is 5.92 Å². The molecule has 1 spiro atoms. The molecule has 2 aliphatic carbocycles. The maximum absolute atomic E-state index is 13.3. The van der Waals surface area contributed by atoms with E-state index in [0.29, 0.717) is 37.0 Å². The summed E-state index contributed by atoms with van der Waals surface area (Å²) in [6.07, 6.45) is 6.15. The van der Waals surface area contributed by atoms with Crippen LogP contribution in [0.1, 0.15) is 61.3 Å². The van der Waals surface area contributed by atoms with Gasteiger partial charge in [0.15, 0.2) is 0 Å². The Morgan fingerprint density at radius 1 is 0.977 bits per heavy atom. The summed E-state index contributed by atoms with van der Waals surface area (Å²) in [4.78, 5) is 13.3. The zero-order valence-electron chi connectivity index (χ0n) is 25.8. The molecule has 1 fully saturated rings. The molecule has 1 atom stereocenters. The molecule has 228 valence electrons. The number of rotatable bonds is 11. The molecule has 0 heterocycles. The lowest BCUT2D eigenvalue weighted by atomic mass is 9.61. The predicted octanol–water partition coefficient (Wildman–Crippen LogP) is 8.14. The molecule has 2 aliphatic rings. The van der Waals surface area contributed by atoms with Gasteiger partial charge >= 0.3 is 5.97 Å². The number of fused-ring (bicyclic) bond motifs is 2. The Kier molecular flexibility index (Phi) is 9.38. The standard InChI is InChI=1S/C36H42ClNO5/c1-24(22-43-23-26-9-11-31(40-3)12-10-26)17-28-19-27-18-25(2)33(41-4)21-32(27)35(28)13-15-36(16-14-35,34(39)42-5)38-30-8-6-7-29(37)20-30/h6-12,18-21,24,38H,13-17,22-23H2,1-5H3/t24-,35?,36?/m1/s1. The Balaban J connectivity index is 1.37. The molecule has 0 aromatic heterocycles. The van der Waals surface area contributed by atoms with E-state index < -0.39 is 5.54 Å². The summed E-state index contributed by atoms with van der Waals surface area (Å²) in [5, 5.41) is 4.15. The van der Waals surface area contributed by atoms with Crippen molar-refractivity contribution in [1.82, 2.24) is 0 Å². The highest BCUT2D eigenvalue weighted by Gasteiger charge is 2.52. The van der Waals surface area contributed by atoms with Gasteiger partial charge in [-0.15, -0.1) is 0 Å². The predicted molar refractivity (Wildman–Crippen MR) is 172 cm³/mol. The van der Waals surface area contributed by atoms with E-state index in [2.05, 4.69) is 37.4 Å². The molecule has 6 nitrogen and oxygen atoms in total. The Bertz CT molecular complexity index is 1470. The van der Waals surface area contributed by atoms with Crippen LogP contribution in [0.25, 0.3) is 6.08 Å². The minimum Gasteiger partial charge on any atom is -0.497 e. The first kappa shape index (κ1) is 31.0. The molecule has 3 aromatic rings. The van der Waals surface area contributed by atoms with Crippen LogP contribution in [0.3, 0.4) is 0 Å². The number of methoxy groups -OCH3 is 3. The average molecular weight is 604 g/mol. The van der Waals surface area contributed by atoms with Gasteiger partial charge < -0.3 is 24.3 Å². The molecule has 1 N–H and O–H groups in total. The van der Waals surface area contributed by atoms with Crippen molar-refractivity contribution in [3.63, 3.8) is 0 Å². The molecule has 43 heavy (non-hydrogen) atoms. The molecule has 3 aromatic carbocycles. The van der Waals surface area contributed by atoms with Crippen molar-refractivity contribution in [3.05, 3.63) is 93.5 Å². The summed E-state index contributed by atoms with van der Waals surface area (Å²) in [5.41, 5.74) is 5.97. The van der Waals surface area contributed by atoms with Gasteiger partial charge in [0.25, 0.3) is 0 Å². The average Bonchev–Trinajstić information content (AvgIpc) is 3.28. The van der Waals surface area contributed by atoms with Crippen molar-refractivity contribution < 1.29 is 23.7 Å². The first-order valence-electron chi connectivity index (χ1n) is 14.9. The second-order valence-electron chi connectivity index (χ2n) is 12.0. The van der Waals surface area contributed by atoms with E-state index in [4.69, 9.17) is 30.5 Å². The van der Waals surface area contributed by atoms with Crippen LogP contribution in [-0.2, 0) is 26.3 Å². The highest BCUT2D eigenvalue weighted by Crippen LogP contribution is 2.56. The van der Waals surface area contributed by atoms with Crippen LogP contribution < -0.4 is 14.8 Å². The molecule has 1 saturated carbocycles. The monoisotopic (exact) mass is 603 g/mol. The van der Waals surface area contributed by atoms with Crippen LogP contribution in [0.4, 0.5) is 5.69 Å². The molecule has 0 bridgehead atoms. The summed E-state index contributed by atoms with van der Waals surface area (Å²) >= 11 is 6.28. The van der Waals surface area contributed by atoms with Gasteiger partial charge in [0.05, 0.1) is 27.9 Å². The van der Waals surface area contributed by atoms with Gasteiger partial charge in [0.2, 0.25) is 0 Å². The summed E-state index contributed by atoms with van der Waals surface area (Å²) < 4.78 is 22.6. The number of esters is 1. The highest BCUT2D eigenvalue weighted by atomic mass is 35.5. The van der Waals surface area contributed by atoms with Crippen molar-refractivity contribution in [1.29, 1.82) is 0 Å². The van der Waals surface area contributed by atoms with Gasteiger partial charge in [-0.3, -0.25) is 0 Å². The second kappa shape index (κ2) is 13.0. The molecule has 0 aliphatic heterocycles. The van der Waals surface area contributed by atoms with Crippen LogP contribution in [0.15, 0.2) is 66.2 Å². The van der Waals surface area contributed by atoms with E-state index in [1.807, 2.05) is 48.5 Å². The number of allylic oxidation sites excluding steroid dienone is 1. The van der Waals surface area contributed by atoms with Crippen LogP contribution >= 0.6 is 11.6 Å². The van der Waals surface area contributed by atoms with Gasteiger partial charge in [-0.1, -0.05) is 48.4 Å². The molecule has 7 heteroatoms. The van der Waals surface area contributed by atoms with Gasteiger partial charge in [-0.05, 0) is 110 Å². The number of carbonyl (C=O) groups is 1. The quantitative estimate of drug-likeness (QED) is 0.223. The lowest BCUT2D eigenvalue weighted by Gasteiger charge is -2.46. The smallest absolute Gasteiger partial charge is 0.331 e. The number of ether oxygens (including phenoxy) is 4. The third-order valence-electron chi connectivity index (χ3n) is 9.17. The summed E-state index contributed by atoms with van der Waals surface area (Å²) in [6, 6.07) is 20.0. The third-order valence-corrected chi connectivity index (χ3v) is 9.40. The molecular weight excluding hydrogens is 562 g/mol. The minimum atomic E-state index is -0.833. The maximum atomic E-state index is 13.3. The van der Waals surface area contributed by atoms with E-state index in [-0.39, 0.29) is 11.4 Å². The van der Waals surface area contributed by atoms with E-state index in [9.17, 15) is 4.79 Å². The lowest BCUT2D eigenvalue weighted by Crippen LogP contribution is -2.52. The topological polar surface area (TPSA) is 66.0 Å². The van der Waals surface area contributed by atoms with Crippen LogP contribution in [0, 0.1) is 12.8 Å². The molecule has 0 unspecified atom stereocenters. The van der Waals surface area contributed by atoms with E-state index in [0.717, 1.165) is 47.6 Å². The molecule has 5 rings (SSSR count). The Labute approximate surface area is 260 Å². The van der Waals surface area contributed by atoms with Crippen LogP contribution in [0.2, 0.25) is 5.02 Å². The third kappa shape index (κ3) is 6.41. The zero-order valence-corrected chi connectivity index (χ0v) is 26.6. The van der Waals surface area contributed by atoms with Crippen molar-refractivity contribution in [2.45, 2.75) is 63.5 Å². The fourth-order valence-corrected chi connectivity index (χ4v) is 7.05. The maximum Gasteiger partial charge on any atom is 0.331 e. The van der Waals surface area contributed by atoms with Crippen molar-refractivity contribution in [3.8, 4) is 11.5 Å². The Morgan fingerprint density at radius 3 is 2.37 bits per heavy atom. The summed E-state index contributed by atoms with van der Waals surface area (Å²) in [5.74, 6) is 1.81. The number of benzene rings is 3. The number of hydrogen-bond acceptors (Lipinski definition) is 6. The van der Waals surface area contributed by atoms with E-state index >= 15 is 0 Å². The number of aryl methyl sites for hydroxylation is 1. The largest absolute Gasteiger partial charge is 0.497 e. The fraction of sp³-hybridized carbons (Fsp3) is 0.417. The zero-order chi connectivity index (χ0) is 30.6. The summed E-state index contributed by atoms with van der Waals surface area (Å²) in [7, 11) is 4.86. The van der Waals surface area contributed by atoms with Crippen molar-refractivity contribution in [2.75, 3.05) is 33.3 Å². The summed E-state index contributed by atoms with van der Waals surface area (Å²) in [6.45, 7) is 5.55. The van der Waals surface area contributed by atoms with Crippen LogP contribution in [0.5, 0.6) is 11.5 Å². The molecule has 0 saturated heterocycles. The Morgan fingerprint density at radius 2 is 1.72 bits per heavy atom. The first-order valence-corrected chi connectivity index (χ1v) is 15.3. The normalized spacial score (nSPS) is 21.6. The van der Waals surface area contributed by atoms with Crippen LogP contribution in [-0.4, -0.2) is 39.4 Å². The van der Waals surface area contributed by atoms with Gasteiger partial charge in [-0.25, -0.2) is 4.79 Å². The minimum absolute atomic E-state index is 0.186.